The summed E-state index contributed by atoms with van der Waals surface area (Å²) < 4.78 is 34.1. The van der Waals surface area contributed by atoms with Gasteiger partial charge in [-0.3, -0.25) is 29.0 Å². The van der Waals surface area contributed by atoms with Crippen LogP contribution in [0.1, 0.15) is 63.4 Å². The van der Waals surface area contributed by atoms with E-state index in [1.54, 1.807) is 18.2 Å². The van der Waals surface area contributed by atoms with Gasteiger partial charge in [0, 0.05) is 51.4 Å². The number of nitrogens with one attached hydrogen (secondary N) is 1. The molecule has 13 heteroatoms. The lowest BCUT2D eigenvalue weighted by molar-refractivity contribution is -0.288. The molecule has 13 nitrogen and oxygen atoms in total. The predicted molar refractivity (Wildman–Crippen MR) is 168 cm³/mol. The van der Waals surface area contributed by atoms with E-state index in [2.05, 4.69) is 10.3 Å². The van der Waals surface area contributed by atoms with Crippen LogP contribution < -0.4 is 10.1 Å². The second-order valence-electron chi connectivity index (χ2n) is 11.0. The van der Waals surface area contributed by atoms with Crippen LogP contribution in [0.2, 0.25) is 0 Å². The molecule has 0 unspecified atom stereocenters. The zero-order chi connectivity index (χ0) is 34.2. The third-order valence-electron chi connectivity index (χ3n) is 7.23. The van der Waals surface area contributed by atoms with Crippen molar-refractivity contribution in [1.29, 1.82) is 0 Å². The number of hydrogen-bond acceptors (Lipinski definition) is 13. The minimum atomic E-state index is -1.46. The number of Topliss-reactive ketones (excluding diaryl/α,β-unsaturated/α-hetero) is 1. The summed E-state index contributed by atoms with van der Waals surface area (Å²) in [4.78, 5) is 66.1. The van der Waals surface area contributed by atoms with Crippen molar-refractivity contribution in [2.45, 2.75) is 85.1 Å². The highest BCUT2D eigenvalue weighted by Gasteiger charge is 2.53. The molecular formula is C34H38N2O11. The normalized spacial score (nSPS) is 20.5. The van der Waals surface area contributed by atoms with Gasteiger partial charge in [0.25, 0.3) is 0 Å². The summed E-state index contributed by atoms with van der Waals surface area (Å²) >= 11 is 0. The van der Waals surface area contributed by atoms with Gasteiger partial charge in [-0.2, -0.15) is 0 Å². The van der Waals surface area contributed by atoms with Gasteiger partial charge in [-0.15, -0.1) is 0 Å². The monoisotopic (exact) mass is 650 g/mol. The lowest BCUT2D eigenvalue weighted by Gasteiger charge is -2.43. The first-order valence-corrected chi connectivity index (χ1v) is 15.1. The maximum atomic E-state index is 13.2. The molecule has 2 heterocycles. The smallest absolute Gasteiger partial charge is 0.303 e. The molecule has 0 spiro atoms. The number of carbonyl (C=O) groups excluding carboxylic acids is 5. The predicted octanol–water partition coefficient (Wildman–Crippen LogP) is 4.73. The van der Waals surface area contributed by atoms with E-state index in [4.69, 9.17) is 28.4 Å². The summed E-state index contributed by atoms with van der Waals surface area (Å²) in [5.74, 6) is -2.83. The molecule has 5 atom stereocenters. The van der Waals surface area contributed by atoms with Crippen LogP contribution in [-0.2, 0) is 42.9 Å². The van der Waals surface area contributed by atoms with Crippen LogP contribution in [0.4, 0.5) is 11.4 Å². The first-order valence-electron chi connectivity index (χ1n) is 15.1. The van der Waals surface area contributed by atoms with Crippen molar-refractivity contribution in [3.63, 3.8) is 0 Å². The summed E-state index contributed by atoms with van der Waals surface area (Å²) in [5, 5.41) is 3.96. The number of ether oxygens (including phenoxy) is 6. The lowest BCUT2D eigenvalue weighted by atomic mass is 9.98. The Balaban J connectivity index is 1.83. The molecule has 1 saturated heterocycles. The van der Waals surface area contributed by atoms with E-state index < -0.39 is 61.2 Å². The Morgan fingerprint density at radius 2 is 1.49 bits per heavy atom. The first-order chi connectivity index (χ1) is 22.4. The fourth-order valence-electron chi connectivity index (χ4n) is 5.26. The number of aryl methyl sites for hydroxylation is 1. The molecule has 0 bridgehead atoms. The van der Waals surface area contributed by atoms with E-state index in [-0.39, 0.29) is 11.5 Å². The fourth-order valence-corrected chi connectivity index (χ4v) is 5.26. The van der Waals surface area contributed by atoms with Crippen molar-refractivity contribution in [2.24, 2.45) is 0 Å². The van der Waals surface area contributed by atoms with E-state index in [1.807, 2.05) is 38.1 Å². The van der Waals surface area contributed by atoms with Crippen LogP contribution in [0.3, 0.4) is 0 Å². The largest absolute Gasteiger partial charge is 0.463 e. The van der Waals surface area contributed by atoms with Gasteiger partial charge >= 0.3 is 23.9 Å². The minimum absolute atomic E-state index is 0.0936. The second-order valence-corrected chi connectivity index (χ2v) is 11.0. The van der Waals surface area contributed by atoms with E-state index in [9.17, 15) is 24.0 Å². The van der Waals surface area contributed by atoms with Crippen LogP contribution in [0.15, 0.2) is 48.7 Å². The van der Waals surface area contributed by atoms with Gasteiger partial charge in [-0.25, -0.2) is 0 Å². The fraction of sp³-hybridized carbons (Fsp3) is 0.412. The highest BCUT2D eigenvalue weighted by molar-refractivity contribution is 6.09. The van der Waals surface area contributed by atoms with Gasteiger partial charge in [0.2, 0.25) is 12.4 Å². The standard InChI is InChI=1S/C34H38N2O11/c1-7-11-26(41)24-16-35-30-23(29(24)36-25-14-9-8-12-18(25)2)13-10-15-27(30)46-34-33(45-22(6)40)32(44-21(5)39)31(43-20(4)38)28(47-34)17-42-19(3)37/h8-10,12-16,28,31-34H,7,11,17H2,1-6H3,(H,35,36)/t28-,31-,32+,33-,34-/m1/s1. The highest BCUT2D eigenvalue weighted by atomic mass is 16.7. The molecule has 47 heavy (non-hydrogen) atoms. The molecule has 0 aliphatic carbocycles. The number of aromatic nitrogens is 1. The zero-order valence-electron chi connectivity index (χ0n) is 27.1. The van der Waals surface area contributed by atoms with Crippen LogP contribution in [-0.4, -0.2) is 72.0 Å². The van der Waals surface area contributed by atoms with Crippen LogP contribution in [0, 0.1) is 6.92 Å². The number of hydrogen-bond donors (Lipinski definition) is 1. The van der Waals surface area contributed by atoms with Crippen molar-refractivity contribution >= 4 is 51.9 Å². The Hall–Kier alpha value is -5.04. The Labute approximate surface area is 271 Å². The Bertz CT molecular complexity index is 1660. The average molecular weight is 651 g/mol. The van der Waals surface area contributed by atoms with Crippen molar-refractivity contribution in [3.8, 4) is 5.75 Å². The molecule has 2 aromatic carbocycles. The van der Waals surface area contributed by atoms with Crippen molar-refractivity contribution in [2.75, 3.05) is 11.9 Å². The summed E-state index contributed by atoms with van der Waals surface area (Å²) in [6.07, 6.45) is -4.38. The highest BCUT2D eigenvalue weighted by Crippen LogP contribution is 2.37. The topological polar surface area (TPSA) is 166 Å². The number of anilines is 2. The molecular weight excluding hydrogens is 612 g/mol. The first kappa shape index (κ1) is 34.8. The molecule has 3 aromatic rings. The SMILES string of the molecule is CCCC(=O)c1cnc2c(O[C@@H]3O[C@H](COC(C)=O)[C@@H](OC(C)=O)[C@H](OC(C)=O)[C@H]3OC(C)=O)cccc2c1Nc1ccccc1C. The van der Waals surface area contributed by atoms with Gasteiger partial charge in [0.15, 0.2) is 18.0 Å². The van der Waals surface area contributed by atoms with Crippen LogP contribution >= 0.6 is 0 Å². The van der Waals surface area contributed by atoms with Crippen LogP contribution in [0.5, 0.6) is 5.75 Å². The maximum absolute atomic E-state index is 13.2. The molecule has 0 radical (unpaired) electrons. The van der Waals surface area contributed by atoms with Crippen molar-refractivity contribution in [1.82, 2.24) is 4.98 Å². The number of ketones is 1. The molecule has 1 aromatic heterocycles. The Morgan fingerprint density at radius 1 is 0.830 bits per heavy atom. The molecule has 1 aliphatic heterocycles. The van der Waals surface area contributed by atoms with E-state index in [0.29, 0.717) is 35.0 Å². The Kier molecular flexibility index (Phi) is 11.5. The molecule has 1 N–H and O–H groups in total. The van der Waals surface area contributed by atoms with Gasteiger partial charge in [0.05, 0.1) is 11.3 Å². The van der Waals surface area contributed by atoms with E-state index in [1.165, 1.54) is 13.1 Å². The summed E-state index contributed by atoms with van der Waals surface area (Å²) in [6.45, 7) is 8.06. The third kappa shape index (κ3) is 8.61. The lowest BCUT2D eigenvalue weighted by Crippen LogP contribution is -2.63. The summed E-state index contributed by atoms with van der Waals surface area (Å²) in [5.41, 5.74) is 3.00. The van der Waals surface area contributed by atoms with Crippen LogP contribution in [0.25, 0.3) is 10.9 Å². The molecule has 0 saturated carbocycles. The number of para-hydroxylation sites is 2. The summed E-state index contributed by atoms with van der Waals surface area (Å²) in [7, 11) is 0. The number of rotatable bonds is 12. The quantitative estimate of drug-likeness (QED) is 0.163. The number of pyridine rings is 1. The van der Waals surface area contributed by atoms with Gasteiger partial charge in [-0.1, -0.05) is 37.3 Å². The average Bonchev–Trinajstić information content (AvgIpc) is 3.00. The number of fused-ring (bicyclic) bond motifs is 1. The number of esters is 4. The molecule has 0 amide bonds. The third-order valence-corrected chi connectivity index (χ3v) is 7.23. The number of benzene rings is 2. The van der Waals surface area contributed by atoms with E-state index in [0.717, 1.165) is 32.0 Å². The molecule has 1 aliphatic rings. The zero-order valence-corrected chi connectivity index (χ0v) is 27.1. The molecule has 4 rings (SSSR count). The van der Waals surface area contributed by atoms with E-state index >= 15 is 0 Å². The summed E-state index contributed by atoms with van der Waals surface area (Å²) in [6, 6.07) is 12.7. The van der Waals surface area contributed by atoms with Crippen molar-refractivity contribution < 1.29 is 52.4 Å². The second kappa shape index (κ2) is 15.5. The van der Waals surface area contributed by atoms with Gasteiger partial charge < -0.3 is 33.7 Å². The van der Waals surface area contributed by atoms with Gasteiger partial charge in [0.1, 0.15) is 24.0 Å². The number of carbonyl (C=O) groups is 5. The molecule has 1 fully saturated rings. The Morgan fingerprint density at radius 3 is 2.13 bits per heavy atom. The molecule has 250 valence electrons. The minimum Gasteiger partial charge on any atom is -0.463 e. The van der Waals surface area contributed by atoms with Crippen molar-refractivity contribution in [3.05, 3.63) is 59.8 Å². The number of nitrogens with zero attached hydrogens (tertiary/aromatic N) is 1. The maximum Gasteiger partial charge on any atom is 0.303 e. The van der Waals surface area contributed by atoms with Gasteiger partial charge in [-0.05, 0) is 31.0 Å².